The van der Waals surface area contributed by atoms with Gasteiger partial charge in [0.25, 0.3) is 0 Å². The summed E-state index contributed by atoms with van der Waals surface area (Å²) >= 11 is 0. The van der Waals surface area contributed by atoms with Crippen LogP contribution < -0.4 is 4.23 Å². The van der Waals surface area contributed by atoms with E-state index in [4.69, 9.17) is 0 Å². The molecule has 0 saturated carbocycles. The lowest BCUT2D eigenvalue weighted by atomic mass is 10.6. The first kappa shape index (κ1) is 15.6. The highest BCUT2D eigenvalue weighted by Crippen LogP contribution is 2.44. The second-order valence-electron chi connectivity index (χ2n) is 5.99. The van der Waals surface area contributed by atoms with E-state index in [0.717, 1.165) is 5.95 Å². The average Bonchev–Trinajstić information content (AvgIpc) is 2.54. The predicted octanol–water partition coefficient (Wildman–Crippen LogP) is 4.05. The fourth-order valence-corrected chi connectivity index (χ4v) is 17.9. The van der Waals surface area contributed by atoms with E-state index in [1.165, 1.54) is 42.7 Å². The van der Waals surface area contributed by atoms with Crippen molar-refractivity contribution in [1.29, 1.82) is 0 Å². The molecule has 2 heterocycles. The molecule has 0 spiro atoms. The highest BCUT2D eigenvalue weighted by atomic mass is 28.4. The Morgan fingerprint density at radius 3 is 1.75 bits per heavy atom. The third-order valence-corrected chi connectivity index (χ3v) is 18.5. The second-order valence-corrected chi connectivity index (χ2v) is 16.1. The van der Waals surface area contributed by atoms with Gasteiger partial charge in [0, 0.05) is 0 Å². The molecule has 0 aromatic carbocycles. The molecule has 6 heteroatoms. The van der Waals surface area contributed by atoms with Crippen molar-refractivity contribution in [3.63, 3.8) is 0 Å². The van der Waals surface area contributed by atoms with E-state index in [-0.39, 0.29) is 0 Å². The lowest BCUT2D eigenvalue weighted by molar-refractivity contribution is 0.880. The fraction of sp³-hybridized carbons (Fsp3) is 0.786. The smallest absolute Gasteiger partial charge is 0.211 e. The van der Waals surface area contributed by atoms with Gasteiger partial charge in [-0.2, -0.15) is 0 Å². The lowest BCUT2D eigenvalue weighted by Gasteiger charge is -2.56. The molecule has 0 bridgehead atoms. The number of anilines is 1. The Labute approximate surface area is 125 Å². The largest absolute Gasteiger partial charge is 0.393 e. The Kier molecular flexibility index (Phi) is 4.96. The van der Waals surface area contributed by atoms with Crippen molar-refractivity contribution in [2.24, 2.45) is 0 Å². The third-order valence-electron chi connectivity index (χ3n) is 5.55. The molecule has 1 fully saturated rings. The summed E-state index contributed by atoms with van der Waals surface area (Å²) in [6.45, 7) is 9.55. The first-order valence-electron chi connectivity index (χ1n) is 8.10. The van der Waals surface area contributed by atoms with Crippen LogP contribution in [0.2, 0.25) is 36.3 Å². The van der Waals surface area contributed by atoms with Gasteiger partial charge in [-0.05, 0) is 36.3 Å². The van der Waals surface area contributed by atoms with E-state index in [0.29, 0.717) is 0 Å². The van der Waals surface area contributed by atoms with Crippen molar-refractivity contribution in [3.8, 4) is 0 Å². The number of nitrogens with zero attached hydrogens (tertiary/aromatic N) is 4. The summed E-state index contributed by atoms with van der Waals surface area (Å²) in [5.41, 5.74) is 0. The van der Waals surface area contributed by atoms with E-state index in [1.54, 1.807) is 12.7 Å². The maximum atomic E-state index is 4.56. The molecule has 112 valence electrons. The fourth-order valence-electron chi connectivity index (χ4n) is 4.09. The third kappa shape index (κ3) is 2.43. The topological polar surface area (TPSA) is 41.9 Å². The first-order chi connectivity index (χ1) is 9.68. The number of hydrogen-bond acceptors (Lipinski definition) is 4. The summed E-state index contributed by atoms with van der Waals surface area (Å²) in [6, 6.07) is 8.13. The van der Waals surface area contributed by atoms with Crippen LogP contribution in [0.15, 0.2) is 12.7 Å². The number of rotatable bonds is 5. The van der Waals surface area contributed by atoms with Gasteiger partial charge in [0.1, 0.15) is 29.1 Å². The molecule has 2 rings (SSSR count). The molecule has 1 saturated heterocycles. The standard InChI is InChI=1S/C14H28N4Si2/c1-5-19(6-2)10-9-11-20(7-3,8-4)18(19)14-16-12-15-13-17-14/h12-13H,5-11H2,1-4H3. The molecule has 0 atom stereocenters. The highest BCUT2D eigenvalue weighted by molar-refractivity contribution is 7.03. The molecular weight excluding hydrogens is 280 g/mol. The normalized spacial score (nSPS) is 20.9. The summed E-state index contributed by atoms with van der Waals surface area (Å²) < 4.78 is 2.84. The van der Waals surface area contributed by atoms with Gasteiger partial charge in [-0.25, -0.2) is 15.0 Å². The summed E-state index contributed by atoms with van der Waals surface area (Å²) in [5.74, 6) is 0.991. The van der Waals surface area contributed by atoms with Crippen LogP contribution in [0, 0.1) is 0 Å². The van der Waals surface area contributed by atoms with Gasteiger partial charge >= 0.3 is 0 Å². The SMILES string of the molecule is CC[Si]1(CC)CCC[Si](CC)(CC)N1c1ncncn1. The van der Waals surface area contributed by atoms with Crippen LogP contribution in [0.5, 0.6) is 0 Å². The first-order valence-corrected chi connectivity index (χ1v) is 13.2. The van der Waals surface area contributed by atoms with E-state index in [1.807, 2.05) is 0 Å². The van der Waals surface area contributed by atoms with Crippen LogP contribution in [0.1, 0.15) is 34.1 Å². The van der Waals surface area contributed by atoms with Crippen molar-refractivity contribution in [3.05, 3.63) is 12.7 Å². The van der Waals surface area contributed by atoms with Gasteiger partial charge in [0.05, 0.1) is 0 Å². The van der Waals surface area contributed by atoms with Gasteiger partial charge in [-0.15, -0.1) is 0 Å². The van der Waals surface area contributed by atoms with E-state index in [9.17, 15) is 0 Å². The Morgan fingerprint density at radius 1 is 0.900 bits per heavy atom. The molecule has 0 aliphatic carbocycles. The molecular formula is C14H28N4Si2. The molecule has 20 heavy (non-hydrogen) atoms. The van der Waals surface area contributed by atoms with Gasteiger partial charge in [0.2, 0.25) is 5.95 Å². The van der Waals surface area contributed by atoms with Gasteiger partial charge in [0.15, 0.2) is 0 Å². The molecule has 0 radical (unpaired) electrons. The zero-order valence-corrected chi connectivity index (χ0v) is 15.4. The van der Waals surface area contributed by atoms with Crippen LogP contribution in [0.4, 0.5) is 5.95 Å². The molecule has 1 aliphatic rings. The second kappa shape index (κ2) is 6.34. The highest BCUT2D eigenvalue weighted by Gasteiger charge is 2.52. The Balaban J connectivity index is 2.54. The van der Waals surface area contributed by atoms with E-state index in [2.05, 4.69) is 46.9 Å². The van der Waals surface area contributed by atoms with Crippen molar-refractivity contribution >= 4 is 22.4 Å². The van der Waals surface area contributed by atoms with Crippen LogP contribution in [0.25, 0.3) is 0 Å². The molecule has 4 nitrogen and oxygen atoms in total. The quantitative estimate of drug-likeness (QED) is 0.770. The molecule has 1 aromatic heterocycles. The molecule has 0 amide bonds. The summed E-state index contributed by atoms with van der Waals surface area (Å²) in [6.07, 6.45) is 4.78. The van der Waals surface area contributed by atoms with Crippen LogP contribution in [0.3, 0.4) is 0 Å². The van der Waals surface area contributed by atoms with Gasteiger partial charge in [-0.3, -0.25) is 0 Å². The molecule has 0 N–H and O–H groups in total. The van der Waals surface area contributed by atoms with E-state index >= 15 is 0 Å². The molecule has 1 aliphatic heterocycles. The van der Waals surface area contributed by atoms with Crippen molar-refractivity contribution in [2.45, 2.75) is 70.4 Å². The molecule has 1 aromatic rings. The summed E-state index contributed by atoms with van der Waals surface area (Å²) in [5, 5.41) is 0. The average molecular weight is 309 g/mol. The predicted molar refractivity (Wildman–Crippen MR) is 90.0 cm³/mol. The number of hydrogen-bond donors (Lipinski definition) is 0. The number of aromatic nitrogens is 3. The maximum Gasteiger partial charge on any atom is 0.211 e. The van der Waals surface area contributed by atoms with Crippen LogP contribution >= 0.6 is 0 Å². The van der Waals surface area contributed by atoms with Crippen molar-refractivity contribution < 1.29 is 0 Å². The molecule has 0 unspecified atom stereocenters. The summed E-state index contributed by atoms with van der Waals surface area (Å²) in [7, 11) is -2.87. The monoisotopic (exact) mass is 308 g/mol. The zero-order valence-electron chi connectivity index (χ0n) is 13.4. The van der Waals surface area contributed by atoms with Crippen molar-refractivity contribution in [1.82, 2.24) is 15.0 Å². The van der Waals surface area contributed by atoms with Crippen molar-refractivity contribution in [2.75, 3.05) is 4.23 Å². The Morgan fingerprint density at radius 2 is 1.35 bits per heavy atom. The Bertz CT molecular complexity index is 398. The maximum absolute atomic E-state index is 4.56. The zero-order chi connectivity index (χ0) is 14.6. The van der Waals surface area contributed by atoms with Gasteiger partial charge in [-0.1, -0.05) is 34.1 Å². The van der Waals surface area contributed by atoms with Crippen LogP contribution in [-0.2, 0) is 0 Å². The summed E-state index contributed by atoms with van der Waals surface area (Å²) in [4.78, 5) is 13.1. The van der Waals surface area contributed by atoms with E-state index < -0.39 is 16.5 Å². The van der Waals surface area contributed by atoms with Gasteiger partial charge < -0.3 is 4.23 Å². The Hall–Kier alpha value is -0.756. The lowest BCUT2D eigenvalue weighted by Crippen LogP contribution is -2.69. The minimum atomic E-state index is -1.44. The minimum absolute atomic E-state index is 0.991. The van der Waals surface area contributed by atoms with Crippen LogP contribution in [-0.4, -0.2) is 31.4 Å². The minimum Gasteiger partial charge on any atom is -0.393 e.